The molecule has 6 rings (SSSR count). The summed E-state index contributed by atoms with van der Waals surface area (Å²) >= 11 is 6.33. The van der Waals surface area contributed by atoms with Gasteiger partial charge < -0.3 is 39.7 Å². The second-order valence-corrected chi connectivity index (χ2v) is 14.4. The van der Waals surface area contributed by atoms with E-state index in [0.29, 0.717) is 49.1 Å². The number of nitrogens with one attached hydrogen (secondary N) is 2. The summed E-state index contributed by atoms with van der Waals surface area (Å²) in [6, 6.07) is 19.7. The summed E-state index contributed by atoms with van der Waals surface area (Å²) in [5, 5.41) is 20.6. The number of sulfone groups is 1. The Morgan fingerprint density at radius 1 is 1.03 bits per heavy atom. The Balaban J connectivity index is 0.957. The lowest BCUT2D eigenvalue weighted by atomic mass is 10.2. The first-order valence-electron chi connectivity index (χ1n) is 17.3. The first-order valence-corrected chi connectivity index (χ1v) is 19.2. The molecule has 5 aromatic rings. The van der Waals surface area contributed by atoms with Gasteiger partial charge in [0, 0.05) is 49.7 Å². The topological polar surface area (TPSA) is 214 Å². The molecule has 1 aliphatic rings. The molecule has 1 fully saturated rings. The molecule has 0 spiro atoms. The average molecular weight is 831 g/mol. The van der Waals surface area contributed by atoms with Crippen LogP contribution >= 0.6 is 11.6 Å². The van der Waals surface area contributed by atoms with Crippen LogP contribution in [-0.2, 0) is 24.2 Å². The molecule has 0 atom stereocenters. The zero-order chi connectivity index (χ0) is 41.1. The van der Waals surface area contributed by atoms with Crippen molar-refractivity contribution in [3.63, 3.8) is 0 Å². The van der Waals surface area contributed by atoms with Crippen molar-refractivity contribution >= 4 is 56.3 Å². The summed E-state index contributed by atoms with van der Waals surface area (Å²) < 4.78 is 52.2. The van der Waals surface area contributed by atoms with E-state index < -0.39 is 26.7 Å². The van der Waals surface area contributed by atoms with Gasteiger partial charge in [0.15, 0.2) is 13.2 Å². The third-order valence-corrected chi connectivity index (χ3v) is 10.3. The lowest BCUT2D eigenvalue weighted by Crippen LogP contribution is -2.48. The zero-order valence-electron chi connectivity index (χ0n) is 30.8. The molecule has 300 valence electrons. The highest BCUT2D eigenvalue weighted by molar-refractivity contribution is 7.91. The van der Waals surface area contributed by atoms with E-state index in [-0.39, 0.29) is 52.3 Å². The van der Waals surface area contributed by atoms with Crippen LogP contribution < -0.4 is 34.6 Å². The van der Waals surface area contributed by atoms with E-state index in [1.807, 2.05) is 23.1 Å². The minimum absolute atomic E-state index is 0.0610. The number of amides is 1. The van der Waals surface area contributed by atoms with Crippen LogP contribution in [0.5, 0.6) is 23.3 Å². The molecule has 1 saturated heterocycles. The smallest absolute Gasteiger partial charge is 0.415 e. The lowest BCUT2D eigenvalue weighted by Gasteiger charge is -2.35. The molecule has 2 N–H and O–H groups in total. The highest BCUT2D eigenvalue weighted by atomic mass is 35.5. The van der Waals surface area contributed by atoms with E-state index in [9.17, 15) is 23.2 Å². The van der Waals surface area contributed by atoms with E-state index in [1.54, 1.807) is 37.4 Å². The Morgan fingerprint density at radius 3 is 2.57 bits per heavy atom. The first kappa shape index (κ1) is 40.8. The van der Waals surface area contributed by atoms with Gasteiger partial charge in [-0.2, -0.15) is 4.98 Å². The van der Waals surface area contributed by atoms with Crippen molar-refractivity contribution in [3.05, 3.63) is 102 Å². The number of carbonyl (C=O) groups is 2. The largest absolute Gasteiger partial charge is 0.494 e. The van der Waals surface area contributed by atoms with Crippen molar-refractivity contribution in [1.82, 2.24) is 20.0 Å². The standard InChI is InChI=1S/C38H35ClN8O10S/c1-3-33(48)41-26-10-9-11-28(22-26)56-35-30(39)24-40-38(43-35)42-31-15-14-27(23-32(31)53-2)46-18-16-45(17-19-46)25-34(49)54-20-7-8-21-55-36-37(47(50)57-44-36)58(51,52)29-12-5-4-6-13-29/h3-6,9-15,22-24H,1,16-21,25H2,2H3,(H,41,48)(H,40,42,43). The van der Waals surface area contributed by atoms with Crippen molar-refractivity contribution in [2.45, 2.75) is 9.92 Å². The predicted octanol–water partition coefficient (Wildman–Crippen LogP) is 4.00. The van der Waals surface area contributed by atoms with Gasteiger partial charge in [-0.3, -0.25) is 19.1 Å². The highest BCUT2D eigenvalue weighted by Gasteiger charge is 2.35. The van der Waals surface area contributed by atoms with Crippen LogP contribution in [0.25, 0.3) is 0 Å². The van der Waals surface area contributed by atoms with Crippen molar-refractivity contribution in [3.8, 4) is 35.1 Å². The number of hydrogen-bond donors (Lipinski definition) is 2. The maximum absolute atomic E-state index is 12.9. The molecular formula is C38H35ClN8O10S. The third kappa shape index (κ3) is 10.3. The predicted molar refractivity (Wildman–Crippen MR) is 209 cm³/mol. The Labute approximate surface area is 337 Å². The second-order valence-electron chi connectivity index (χ2n) is 12.1. The van der Waals surface area contributed by atoms with E-state index in [1.165, 1.54) is 30.5 Å². The molecule has 18 nitrogen and oxygen atoms in total. The molecule has 0 unspecified atom stereocenters. The number of rotatable bonds is 15. The Bertz CT molecular complexity index is 2450. The molecular weight excluding hydrogens is 796 g/mol. The molecule has 3 heterocycles. The highest BCUT2D eigenvalue weighted by Crippen LogP contribution is 2.34. The summed E-state index contributed by atoms with van der Waals surface area (Å²) in [7, 11) is -2.71. The van der Waals surface area contributed by atoms with Crippen LogP contribution in [-0.4, -0.2) is 93.4 Å². The average Bonchev–Trinajstić information content (AvgIpc) is 3.61. The number of anilines is 4. The first-order chi connectivity index (χ1) is 28.0. The van der Waals surface area contributed by atoms with Gasteiger partial charge in [0.1, 0.15) is 16.5 Å². The maximum atomic E-state index is 12.9. The summed E-state index contributed by atoms with van der Waals surface area (Å²) in [6.45, 7) is 5.39. The fraction of sp³-hybridized carbons (Fsp3) is 0.211. The fourth-order valence-corrected chi connectivity index (χ4v) is 6.91. The van der Waals surface area contributed by atoms with Gasteiger partial charge in [-0.25, -0.2) is 13.4 Å². The second kappa shape index (κ2) is 18.8. The number of ether oxygens (including phenoxy) is 4. The lowest BCUT2D eigenvalue weighted by molar-refractivity contribution is -0.832. The number of halogens is 1. The number of carbonyl (C=O) groups excluding carboxylic acids is 2. The van der Waals surface area contributed by atoms with Crippen LogP contribution in [0.15, 0.2) is 106 Å². The molecule has 2 aromatic heterocycles. The minimum atomic E-state index is -4.26. The van der Waals surface area contributed by atoms with Crippen molar-refractivity contribution in [2.24, 2.45) is 0 Å². The molecule has 0 bridgehead atoms. The summed E-state index contributed by atoms with van der Waals surface area (Å²) in [6.07, 6.45) is 2.57. The van der Waals surface area contributed by atoms with Crippen LogP contribution in [0.4, 0.5) is 23.0 Å². The molecule has 3 aromatic carbocycles. The third-order valence-electron chi connectivity index (χ3n) is 8.30. The Hall–Kier alpha value is -6.88. The SMILES string of the molecule is C=CC(=O)Nc1cccc(Oc2nc(Nc3ccc(N4CCN(CC(=O)OCC#CCOc5no[n+]([O-])c5S(=O)(=O)c5ccccc5)CC4)cc3OC)ncc2Cl)c1. The number of aromatic nitrogens is 4. The molecule has 0 aliphatic carbocycles. The molecule has 0 radical (unpaired) electrons. The zero-order valence-corrected chi connectivity index (χ0v) is 32.4. The number of esters is 1. The number of nitrogens with zero attached hydrogens (tertiary/aromatic N) is 6. The Morgan fingerprint density at radius 2 is 1.81 bits per heavy atom. The van der Waals surface area contributed by atoms with Crippen LogP contribution in [0.2, 0.25) is 5.02 Å². The molecule has 1 aliphatic heterocycles. The van der Waals surface area contributed by atoms with Gasteiger partial charge >= 0.3 is 16.9 Å². The van der Waals surface area contributed by atoms with Gasteiger partial charge in [-0.05, 0) is 47.4 Å². The van der Waals surface area contributed by atoms with E-state index in [0.717, 1.165) is 11.8 Å². The summed E-state index contributed by atoms with van der Waals surface area (Å²) in [5.41, 5.74) is 2.01. The molecule has 1 amide bonds. The van der Waals surface area contributed by atoms with E-state index >= 15 is 0 Å². The van der Waals surface area contributed by atoms with Crippen molar-refractivity contribution in [2.75, 3.05) is 68.6 Å². The van der Waals surface area contributed by atoms with E-state index in [4.69, 9.17) is 30.5 Å². The van der Waals surface area contributed by atoms with Crippen molar-refractivity contribution < 1.29 is 46.5 Å². The maximum Gasteiger partial charge on any atom is 0.415 e. The number of hydrogen-bond acceptors (Lipinski definition) is 16. The van der Waals surface area contributed by atoms with Crippen LogP contribution in [0.1, 0.15) is 0 Å². The number of benzene rings is 3. The van der Waals surface area contributed by atoms with Crippen LogP contribution in [0.3, 0.4) is 0 Å². The summed E-state index contributed by atoms with van der Waals surface area (Å²) in [5.74, 6) is 5.06. The van der Waals surface area contributed by atoms with Gasteiger partial charge in [-0.1, -0.05) is 54.3 Å². The fourth-order valence-electron chi connectivity index (χ4n) is 5.48. The molecule has 58 heavy (non-hydrogen) atoms. The monoisotopic (exact) mass is 830 g/mol. The number of piperazine rings is 1. The minimum Gasteiger partial charge on any atom is -0.494 e. The Kier molecular flexibility index (Phi) is 13.2. The van der Waals surface area contributed by atoms with Gasteiger partial charge in [0.25, 0.3) is 9.84 Å². The van der Waals surface area contributed by atoms with Gasteiger partial charge in [0.2, 0.25) is 17.7 Å². The van der Waals surface area contributed by atoms with E-state index in [2.05, 4.69) is 53.7 Å². The van der Waals surface area contributed by atoms with Crippen LogP contribution in [0, 0.1) is 17.0 Å². The van der Waals surface area contributed by atoms with Gasteiger partial charge in [0.05, 0.1) is 35.6 Å². The summed E-state index contributed by atoms with van der Waals surface area (Å²) in [4.78, 5) is 36.6. The normalized spacial score (nSPS) is 12.8. The van der Waals surface area contributed by atoms with Crippen molar-refractivity contribution in [1.29, 1.82) is 0 Å². The number of methoxy groups -OCH3 is 1. The van der Waals surface area contributed by atoms with Gasteiger partial charge in [-0.15, -0.1) is 0 Å². The molecule has 0 saturated carbocycles. The quantitative estimate of drug-likeness (QED) is 0.0660. The molecule has 20 heteroatoms.